The molecule has 0 aromatic heterocycles. The van der Waals surface area contributed by atoms with Gasteiger partial charge in [0.05, 0.1) is 19.8 Å². The topological polar surface area (TPSA) is 79.9 Å². The van der Waals surface area contributed by atoms with Gasteiger partial charge in [-0.2, -0.15) is 0 Å². The van der Waals surface area contributed by atoms with Crippen molar-refractivity contribution in [3.05, 3.63) is 53.6 Å². The number of piperidine rings is 1. The van der Waals surface area contributed by atoms with Crippen molar-refractivity contribution in [1.29, 1.82) is 0 Å². The second-order valence-corrected chi connectivity index (χ2v) is 8.58. The van der Waals surface area contributed by atoms with E-state index in [-0.39, 0.29) is 17.9 Å². The molecule has 0 aliphatic carbocycles. The van der Waals surface area contributed by atoms with E-state index in [9.17, 15) is 9.59 Å². The van der Waals surface area contributed by atoms with Gasteiger partial charge >= 0.3 is 0 Å². The van der Waals surface area contributed by atoms with Crippen LogP contribution in [-0.2, 0) is 0 Å². The average Bonchev–Trinajstić information content (AvgIpc) is 2.87. The smallest absolute Gasteiger partial charge is 0.253 e. The van der Waals surface area contributed by atoms with Crippen LogP contribution in [-0.4, -0.2) is 51.7 Å². The zero-order valence-corrected chi connectivity index (χ0v) is 20.0. The summed E-state index contributed by atoms with van der Waals surface area (Å²) in [6.45, 7) is 6.46. The maximum Gasteiger partial charge on any atom is 0.253 e. The number of amides is 2. The maximum atomic E-state index is 12.8. The first-order valence-electron chi connectivity index (χ1n) is 11.6. The largest absolute Gasteiger partial charge is 0.497 e. The SMILES string of the molecule is CC[C@H](C)CNC(=O)c1ccccc1N1CCC(NC(=O)c2cc(OC)cc(OC)c2)CC1. The van der Waals surface area contributed by atoms with Gasteiger partial charge < -0.3 is 25.0 Å². The van der Waals surface area contributed by atoms with Crippen LogP contribution in [0.3, 0.4) is 0 Å². The number of hydrogen-bond acceptors (Lipinski definition) is 5. The zero-order chi connectivity index (χ0) is 23.8. The van der Waals surface area contributed by atoms with Gasteiger partial charge in [0, 0.05) is 43.0 Å². The number of ether oxygens (including phenoxy) is 2. The number of nitrogens with zero attached hydrogens (tertiary/aromatic N) is 1. The van der Waals surface area contributed by atoms with Gasteiger partial charge in [-0.15, -0.1) is 0 Å². The molecule has 1 aliphatic heterocycles. The van der Waals surface area contributed by atoms with Gasteiger partial charge in [0.15, 0.2) is 0 Å². The lowest BCUT2D eigenvalue weighted by Gasteiger charge is -2.35. The van der Waals surface area contributed by atoms with E-state index in [2.05, 4.69) is 29.4 Å². The highest BCUT2D eigenvalue weighted by atomic mass is 16.5. The summed E-state index contributed by atoms with van der Waals surface area (Å²) in [5.41, 5.74) is 2.16. The molecule has 7 heteroatoms. The Morgan fingerprint density at radius 3 is 2.27 bits per heavy atom. The Morgan fingerprint density at radius 1 is 1.03 bits per heavy atom. The average molecular weight is 454 g/mol. The van der Waals surface area contributed by atoms with Gasteiger partial charge in [-0.25, -0.2) is 0 Å². The van der Waals surface area contributed by atoms with Crippen molar-refractivity contribution in [1.82, 2.24) is 10.6 Å². The van der Waals surface area contributed by atoms with Crippen LogP contribution < -0.4 is 25.0 Å². The van der Waals surface area contributed by atoms with E-state index in [4.69, 9.17) is 9.47 Å². The van der Waals surface area contributed by atoms with Crippen LogP contribution in [0.25, 0.3) is 0 Å². The van der Waals surface area contributed by atoms with E-state index in [1.54, 1.807) is 32.4 Å². The molecule has 2 aromatic carbocycles. The fraction of sp³-hybridized carbons (Fsp3) is 0.462. The first kappa shape index (κ1) is 24.4. The molecule has 1 aliphatic rings. The van der Waals surface area contributed by atoms with Gasteiger partial charge in [0.1, 0.15) is 11.5 Å². The number of benzene rings is 2. The summed E-state index contributed by atoms with van der Waals surface area (Å²) in [6, 6.07) is 13.0. The predicted octanol–water partition coefficient (Wildman–Crippen LogP) is 3.88. The van der Waals surface area contributed by atoms with Crippen LogP contribution in [0.15, 0.2) is 42.5 Å². The number of hydrogen-bond donors (Lipinski definition) is 2. The van der Waals surface area contributed by atoms with Gasteiger partial charge in [-0.1, -0.05) is 32.4 Å². The lowest BCUT2D eigenvalue weighted by Crippen LogP contribution is -2.45. The Kier molecular flexibility index (Phi) is 8.58. The minimum Gasteiger partial charge on any atom is -0.497 e. The highest BCUT2D eigenvalue weighted by Gasteiger charge is 2.24. The van der Waals surface area contributed by atoms with E-state index in [1.807, 2.05) is 24.3 Å². The molecular weight excluding hydrogens is 418 g/mol. The molecule has 2 aromatic rings. The van der Waals surface area contributed by atoms with Gasteiger partial charge in [0.25, 0.3) is 11.8 Å². The minimum absolute atomic E-state index is 0.0340. The summed E-state index contributed by atoms with van der Waals surface area (Å²) in [4.78, 5) is 27.8. The number of anilines is 1. The Morgan fingerprint density at radius 2 is 1.67 bits per heavy atom. The molecule has 1 saturated heterocycles. The second kappa shape index (κ2) is 11.6. The molecule has 0 unspecified atom stereocenters. The van der Waals surface area contributed by atoms with E-state index in [1.165, 1.54) is 0 Å². The zero-order valence-electron chi connectivity index (χ0n) is 20.0. The summed E-state index contributed by atoms with van der Waals surface area (Å²) in [6.07, 6.45) is 2.63. The summed E-state index contributed by atoms with van der Waals surface area (Å²) < 4.78 is 10.5. The lowest BCUT2D eigenvalue weighted by molar-refractivity contribution is 0.0928. The molecule has 178 valence electrons. The molecule has 1 atom stereocenters. The van der Waals surface area contributed by atoms with Crippen LogP contribution >= 0.6 is 0 Å². The van der Waals surface area contributed by atoms with E-state index >= 15 is 0 Å². The third-order valence-electron chi connectivity index (χ3n) is 6.24. The fourth-order valence-corrected chi connectivity index (χ4v) is 3.92. The van der Waals surface area contributed by atoms with E-state index < -0.39 is 0 Å². The first-order chi connectivity index (χ1) is 15.9. The maximum absolute atomic E-state index is 12.8. The van der Waals surface area contributed by atoms with E-state index in [0.717, 1.165) is 38.0 Å². The van der Waals surface area contributed by atoms with Gasteiger partial charge in [-0.3, -0.25) is 9.59 Å². The highest BCUT2D eigenvalue weighted by Crippen LogP contribution is 2.26. The number of methoxy groups -OCH3 is 2. The molecule has 33 heavy (non-hydrogen) atoms. The number of carbonyl (C=O) groups excluding carboxylic acids is 2. The molecule has 0 bridgehead atoms. The molecule has 7 nitrogen and oxygen atoms in total. The lowest BCUT2D eigenvalue weighted by atomic mass is 10.0. The number of para-hydroxylation sites is 1. The normalized spacial score (nSPS) is 15.0. The number of rotatable bonds is 9. The van der Waals surface area contributed by atoms with Crippen molar-refractivity contribution in [2.45, 2.75) is 39.2 Å². The van der Waals surface area contributed by atoms with Crippen molar-refractivity contribution in [3.8, 4) is 11.5 Å². The third kappa shape index (κ3) is 6.40. The third-order valence-corrected chi connectivity index (χ3v) is 6.24. The van der Waals surface area contributed by atoms with Crippen LogP contribution in [0.4, 0.5) is 5.69 Å². The van der Waals surface area contributed by atoms with Crippen LogP contribution in [0.1, 0.15) is 53.8 Å². The summed E-state index contributed by atoms with van der Waals surface area (Å²) in [7, 11) is 3.13. The Hall–Kier alpha value is -3.22. The molecular formula is C26H35N3O4. The van der Waals surface area contributed by atoms with Crippen LogP contribution in [0.2, 0.25) is 0 Å². The quantitative estimate of drug-likeness (QED) is 0.602. The van der Waals surface area contributed by atoms with Crippen molar-refractivity contribution in [3.63, 3.8) is 0 Å². The van der Waals surface area contributed by atoms with Gasteiger partial charge in [-0.05, 0) is 43.0 Å². The molecule has 0 spiro atoms. The van der Waals surface area contributed by atoms with Crippen LogP contribution in [0, 0.1) is 5.92 Å². The van der Waals surface area contributed by atoms with Crippen molar-refractivity contribution in [2.75, 3.05) is 38.8 Å². The van der Waals surface area contributed by atoms with Crippen molar-refractivity contribution < 1.29 is 19.1 Å². The molecule has 2 amide bonds. The Balaban J connectivity index is 1.60. The summed E-state index contributed by atoms with van der Waals surface area (Å²) in [5.74, 6) is 1.43. The monoisotopic (exact) mass is 453 g/mol. The van der Waals surface area contributed by atoms with Gasteiger partial charge in [0.2, 0.25) is 0 Å². The fourth-order valence-electron chi connectivity index (χ4n) is 3.92. The first-order valence-corrected chi connectivity index (χ1v) is 11.6. The van der Waals surface area contributed by atoms with Crippen molar-refractivity contribution in [2.24, 2.45) is 5.92 Å². The summed E-state index contributed by atoms with van der Waals surface area (Å²) >= 11 is 0. The Labute approximate surface area is 196 Å². The second-order valence-electron chi connectivity index (χ2n) is 8.58. The highest BCUT2D eigenvalue weighted by molar-refractivity contribution is 6.00. The minimum atomic E-state index is -0.143. The molecule has 0 saturated carbocycles. The van der Waals surface area contributed by atoms with Crippen LogP contribution in [0.5, 0.6) is 11.5 Å². The molecule has 1 heterocycles. The predicted molar refractivity (Wildman–Crippen MR) is 130 cm³/mol. The molecule has 2 N–H and O–H groups in total. The molecule has 3 rings (SSSR count). The molecule has 1 fully saturated rings. The Bertz CT molecular complexity index is 932. The number of carbonyl (C=O) groups is 2. The molecule has 0 radical (unpaired) electrons. The summed E-state index contributed by atoms with van der Waals surface area (Å²) in [5, 5.41) is 6.19. The van der Waals surface area contributed by atoms with E-state index in [0.29, 0.717) is 35.1 Å². The number of nitrogens with one attached hydrogen (secondary N) is 2. The van der Waals surface area contributed by atoms with Crippen molar-refractivity contribution >= 4 is 17.5 Å². The standard InChI is InChI=1S/C26H35N3O4/c1-5-18(2)17-27-26(31)23-8-6-7-9-24(23)29-12-10-20(11-13-29)28-25(30)19-14-21(32-3)16-22(15-19)33-4/h6-9,14-16,18,20H,5,10-13,17H2,1-4H3,(H,27,31)(H,28,30)/t18-/m0/s1.